The summed E-state index contributed by atoms with van der Waals surface area (Å²) < 4.78 is 1.94. The zero-order chi connectivity index (χ0) is 14.5. The van der Waals surface area contributed by atoms with E-state index in [-0.39, 0.29) is 0 Å². The highest BCUT2D eigenvalue weighted by Crippen LogP contribution is 2.29. The molecule has 1 heterocycles. The van der Waals surface area contributed by atoms with Crippen molar-refractivity contribution < 1.29 is 0 Å². The SMILES string of the molecule is CCCNCc1ccc(Sc2cc(C)nn2C)cc1C. The smallest absolute Gasteiger partial charge is 0.0986 e. The van der Waals surface area contributed by atoms with Gasteiger partial charge < -0.3 is 5.32 Å². The zero-order valence-corrected chi connectivity index (χ0v) is 13.5. The number of aromatic nitrogens is 2. The van der Waals surface area contributed by atoms with Crippen LogP contribution in [0.2, 0.25) is 0 Å². The highest BCUT2D eigenvalue weighted by molar-refractivity contribution is 7.99. The largest absolute Gasteiger partial charge is 0.313 e. The summed E-state index contributed by atoms with van der Waals surface area (Å²) in [6.45, 7) is 8.43. The molecule has 1 N–H and O–H groups in total. The second-order valence-corrected chi connectivity index (χ2v) is 6.21. The maximum Gasteiger partial charge on any atom is 0.0986 e. The van der Waals surface area contributed by atoms with Crippen molar-refractivity contribution in [1.82, 2.24) is 15.1 Å². The van der Waals surface area contributed by atoms with E-state index >= 15 is 0 Å². The van der Waals surface area contributed by atoms with Crippen molar-refractivity contribution in [3.8, 4) is 0 Å². The molecule has 0 radical (unpaired) electrons. The lowest BCUT2D eigenvalue weighted by Gasteiger charge is -2.09. The minimum Gasteiger partial charge on any atom is -0.313 e. The minimum atomic E-state index is 0.954. The molecular weight excluding hydrogens is 266 g/mol. The molecule has 2 aromatic rings. The van der Waals surface area contributed by atoms with Gasteiger partial charge in [0.15, 0.2) is 0 Å². The van der Waals surface area contributed by atoms with Gasteiger partial charge in [-0.25, -0.2) is 0 Å². The van der Waals surface area contributed by atoms with Crippen molar-refractivity contribution in [3.63, 3.8) is 0 Å². The quantitative estimate of drug-likeness (QED) is 0.823. The van der Waals surface area contributed by atoms with Crippen molar-refractivity contribution in [2.24, 2.45) is 7.05 Å². The first-order valence-electron chi connectivity index (χ1n) is 7.09. The second kappa shape index (κ2) is 6.95. The molecule has 108 valence electrons. The molecule has 3 nitrogen and oxygen atoms in total. The first-order valence-corrected chi connectivity index (χ1v) is 7.90. The van der Waals surface area contributed by atoms with Crippen molar-refractivity contribution in [2.45, 2.75) is 43.7 Å². The van der Waals surface area contributed by atoms with Crippen molar-refractivity contribution in [3.05, 3.63) is 41.1 Å². The van der Waals surface area contributed by atoms with Gasteiger partial charge in [-0.05, 0) is 56.1 Å². The highest BCUT2D eigenvalue weighted by Gasteiger charge is 2.06. The Morgan fingerprint density at radius 3 is 2.65 bits per heavy atom. The lowest BCUT2D eigenvalue weighted by molar-refractivity contribution is 0.673. The number of nitrogens with one attached hydrogen (secondary N) is 1. The van der Waals surface area contributed by atoms with Crippen LogP contribution in [0.15, 0.2) is 34.2 Å². The lowest BCUT2D eigenvalue weighted by Crippen LogP contribution is -2.14. The Kier molecular flexibility index (Phi) is 5.26. The molecule has 1 aromatic heterocycles. The van der Waals surface area contributed by atoms with Gasteiger partial charge in [-0.2, -0.15) is 5.10 Å². The van der Waals surface area contributed by atoms with Gasteiger partial charge in [0.2, 0.25) is 0 Å². The molecule has 0 fully saturated rings. The molecule has 0 saturated carbocycles. The van der Waals surface area contributed by atoms with Crippen LogP contribution in [0.4, 0.5) is 0 Å². The van der Waals surface area contributed by atoms with Crippen LogP contribution in [0, 0.1) is 13.8 Å². The van der Waals surface area contributed by atoms with Crippen molar-refractivity contribution in [1.29, 1.82) is 0 Å². The van der Waals surface area contributed by atoms with Gasteiger partial charge in [-0.1, -0.05) is 24.8 Å². The Morgan fingerprint density at radius 2 is 2.05 bits per heavy atom. The topological polar surface area (TPSA) is 29.9 Å². The van der Waals surface area contributed by atoms with E-state index in [9.17, 15) is 0 Å². The molecule has 0 aliphatic rings. The van der Waals surface area contributed by atoms with Gasteiger partial charge in [0.25, 0.3) is 0 Å². The first-order chi connectivity index (χ1) is 9.60. The number of nitrogens with zero attached hydrogens (tertiary/aromatic N) is 2. The number of hydrogen-bond donors (Lipinski definition) is 1. The van der Waals surface area contributed by atoms with Gasteiger partial charge in [0.1, 0.15) is 0 Å². The summed E-state index contributed by atoms with van der Waals surface area (Å²) in [6, 6.07) is 8.80. The third-order valence-corrected chi connectivity index (χ3v) is 4.32. The summed E-state index contributed by atoms with van der Waals surface area (Å²) in [5, 5.41) is 9.02. The summed E-state index contributed by atoms with van der Waals surface area (Å²) >= 11 is 1.77. The highest BCUT2D eigenvalue weighted by atomic mass is 32.2. The fourth-order valence-electron chi connectivity index (χ4n) is 2.13. The normalized spacial score (nSPS) is 11.0. The predicted molar refractivity (Wildman–Crippen MR) is 85.2 cm³/mol. The van der Waals surface area contributed by atoms with Crippen LogP contribution in [0.25, 0.3) is 0 Å². The van der Waals surface area contributed by atoms with Crippen molar-refractivity contribution in [2.75, 3.05) is 6.54 Å². The van der Waals surface area contributed by atoms with Gasteiger partial charge >= 0.3 is 0 Å². The molecular formula is C16H23N3S. The van der Waals surface area contributed by atoms with Crippen LogP contribution < -0.4 is 5.32 Å². The Morgan fingerprint density at radius 1 is 1.25 bits per heavy atom. The molecule has 4 heteroatoms. The summed E-state index contributed by atoms with van der Waals surface area (Å²) in [7, 11) is 1.99. The average molecular weight is 289 g/mol. The third kappa shape index (κ3) is 3.87. The number of benzene rings is 1. The van der Waals surface area contributed by atoms with E-state index < -0.39 is 0 Å². The maximum atomic E-state index is 4.38. The Hall–Kier alpha value is -1.26. The number of aryl methyl sites for hydroxylation is 3. The van der Waals surface area contributed by atoms with Crippen LogP contribution in [0.5, 0.6) is 0 Å². The minimum absolute atomic E-state index is 0.954. The molecule has 0 unspecified atom stereocenters. The fraction of sp³-hybridized carbons (Fsp3) is 0.438. The zero-order valence-electron chi connectivity index (χ0n) is 12.7. The molecule has 0 amide bonds. The number of rotatable bonds is 6. The Bertz CT molecular complexity index is 575. The Labute approximate surface area is 125 Å². The Balaban J connectivity index is 2.07. The summed E-state index contributed by atoms with van der Waals surface area (Å²) in [5.41, 5.74) is 3.79. The molecule has 0 aliphatic heterocycles. The molecule has 0 saturated heterocycles. The molecule has 0 bridgehead atoms. The molecule has 2 rings (SSSR count). The maximum absolute atomic E-state index is 4.38. The fourth-order valence-corrected chi connectivity index (χ4v) is 3.15. The van der Waals surface area contributed by atoms with Crippen LogP contribution in [0.3, 0.4) is 0 Å². The summed E-state index contributed by atoms with van der Waals surface area (Å²) in [6.07, 6.45) is 1.17. The van der Waals surface area contributed by atoms with E-state index in [0.717, 1.165) is 18.8 Å². The van der Waals surface area contributed by atoms with Crippen LogP contribution >= 0.6 is 11.8 Å². The lowest BCUT2D eigenvalue weighted by atomic mass is 10.1. The summed E-state index contributed by atoms with van der Waals surface area (Å²) in [5.74, 6) is 0. The van der Waals surface area contributed by atoms with E-state index in [1.807, 2.05) is 18.7 Å². The van der Waals surface area contributed by atoms with E-state index in [0.29, 0.717) is 0 Å². The second-order valence-electron chi connectivity index (χ2n) is 5.11. The molecule has 20 heavy (non-hydrogen) atoms. The van der Waals surface area contributed by atoms with E-state index in [1.54, 1.807) is 11.8 Å². The van der Waals surface area contributed by atoms with Gasteiger partial charge in [0.05, 0.1) is 10.7 Å². The monoisotopic (exact) mass is 289 g/mol. The van der Waals surface area contributed by atoms with Crippen LogP contribution in [-0.2, 0) is 13.6 Å². The standard InChI is InChI=1S/C16H23N3S/c1-5-8-17-11-14-6-7-15(9-12(14)2)20-16-10-13(3)18-19(16)4/h6-7,9-10,17H,5,8,11H2,1-4H3. The molecule has 0 atom stereocenters. The predicted octanol–water partition coefficient (Wildman–Crippen LogP) is 3.69. The van der Waals surface area contributed by atoms with E-state index in [2.05, 4.69) is 48.5 Å². The van der Waals surface area contributed by atoms with E-state index in [1.165, 1.54) is 27.5 Å². The van der Waals surface area contributed by atoms with Gasteiger partial charge in [-0.15, -0.1) is 0 Å². The first kappa shape index (κ1) is 15.1. The molecule has 1 aromatic carbocycles. The summed E-state index contributed by atoms with van der Waals surface area (Å²) in [4.78, 5) is 1.27. The average Bonchev–Trinajstić information content (AvgIpc) is 2.71. The van der Waals surface area contributed by atoms with Crippen molar-refractivity contribution >= 4 is 11.8 Å². The number of hydrogen-bond acceptors (Lipinski definition) is 3. The van der Waals surface area contributed by atoms with Gasteiger partial charge in [-0.3, -0.25) is 4.68 Å². The van der Waals surface area contributed by atoms with Crippen LogP contribution in [0.1, 0.15) is 30.2 Å². The third-order valence-electron chi connectivity index (χ3n) is 3.24. The molecule has 0 aliphatic carbocycles. The van der Waals surface area contributed by atoms with E-state index in [4.69, 9.17) is 0 Å². The van der Waals surface area contributed by atoms with Crippen LogP contribution in [-0.4, -0.2) is 16.3 Å². The molecule has 0 spiro atoms. The van der Waals surface area contributed by atoms with Gasteiger partial charge in [0, 0.05) is 18.5 Å².